The summed E-state index contributed by atoms with van der Waals surface area (Å²) in [5.74, 6) is -2.32. The van der Waals surface area contributed by atoms with Gasteiger partial charge in [0.15, 0.2) is 0 Å². The fourth-order valence-electron chi connectivity index (χ4n) is 4.14. The van der Waals surface area contributed by atoms with Crippen LogP contribution in [0, 0.1) is 22.9 Å². The first-order chi connectivity index (χ1) is 21.5. The van der Waals surface area contributed by atoms with Crippen molar-refractivity contribution in [3.63, 3.8) is 0 Å². The molecule has 4 rings (SSSR count). The number of benzene rings is 4. The molecule has 9 nitrogen and oxygen atoms in total. The predicted octanol–water partition coefficient (Wildman–Crippen LogP) is 7.61. The lowest BCUT2D eigenvalue weighted by molar-refractivity contribution is -0.384. The maximum atomic E-state index is 14.6. The van der Waals surface area contributed by atoms with Gasteiger partial charge >= 0.3 is 0 Å². The van der Waals surface area contributed by atoms with Gasteiger partial charge in [0.2, 0.25) is 5.91 Å². The van der Waals surface area contributed by atoms with Gasteiger partial charge < -0.3 is 16.0 Å². The molecule has 1 atom stereocenters. The number of halogens is 2. The monoisotopic (exact) mass is 646 g/mol. The lowest BCUT2D eigenvalue weighted by Crippen LogP contribution is -2.30. The zero-order valence-electron chi connectivity index (χ0n) is 24.2. The van der Waals surface area contributed by atoms with E-state index in [2.05, 4.69) is 16.0 Å². The Morgan fingerprint density at radius 3 is 2.40 bits per heavy atom. The predicted molar refractivity (Wildman–Crippen MR) is 175 cm³/mol. The van der Waals surface area contributed by atoms with Crippen LogP contribution in [0.4, 0.5) is 21.5 Å². The van der Waals surface area contributed by atoms with Crippen molar-refractivity contribution in [2.45, 2.75) is 30.4 Å². The minimum Gasteiger partial charge on any atom is -0.325 e. The van der Waals surface area contributed by atoms with Crippen molar-refractivity contribution in [2.75, 3.05) is 10.6 Å². The third-order valence-electron chi connectivity index (χ3n) is 6.54. The quantitative estimate of drug-likeness (QED) is 0.0665. The van der Waals surface area contributed by atoms with Crippen LogP contribution >= 0.6 is 23.4 Å². The zero-order chi connectivity index (χ0) is 32.5. The molecule has 0 spiro atoms. The lowest BCUT2D eigenvalue weighted by Gasteiger charge is -2.17. The van der Waals surface area contributed by atoms with Crippen LogP contribution in [0.1, 0.15) is 34.8 Å². The SMILES string of the molecule is CCC(Sc1cccc(NC(=O)/C(=C\c2c(F)cccc2Cl)NC(=O)c2ccccc2)c1)C(=O)Nc1cc([N+](=O)[O-])ccc1C. The number of anilines is 2. The number of hydrogen-bond acceptors (Lipinski definition) is 6. The van der Waals surface area contributed by atoms with Gasteiger partial charge in [-0.25, -0.2) is 4.39 Å². The van der Waals surface area contributed by atoms with E-state index < -0.39 is 27.8 Å². The van der Waals surface area contributed by atoms with Crippen molar-refractivity contribution >= 4 is 64.2 Å². The molecule has 4 aromatic rings. The van der Waals surface area contributed by atoms with Crippen LogP contribution in [0.3, 0.4) is 0 Å². The normalized spacial score (nSPS) is 11.8. The molecule has 1 unspecified atom stereocenters. The van der Waals surface area contributed by atoms with E-state index in [0.29, 0.717) is 33.8 Å². The Bertz CT molecular complexity index is 1760. The maximum Gasteiger partial charge on any atom is 0.272 e. The van der Waals surface area contributed by atoms with E-state index in [4.69, 9.17) is 11.6 Å². The molecule has 12 heteroatoms. The fraction of sp³-hybridized carbons (Fsp3) is 0.121. The Morgan fingerprint density at radius 1 is 0.978 bits per heavy atom. The first kappa shape index (κ1) is 32.9. The standard InChI is InChI=1S/C33H28ClFN4O5S/c1-3-30(33(42)37-28-18-23(39(43)44)16-15-20(28)2)45-24-12-7-11-22(17-24)36-32(41)29(19-25-26(34)13-8-14-27(25)35)38-31(40)21-9-5-4-6-10-21/h4-19,30H,3H2,1-2H3,(H,36,41)(H,37,42)(H,38,40)/b29-19+. The second-order valence-corrected chi connectivity index (χ2v) is 11.4. The first-order valence-corrected chi connectivity index (χ1v) is 15.0. The molecule has 0 fully saturated rings. The summed E-state index contributed by atoms with van der Waals surface area (Å²) >= 11 is 7.44. The summed E-state index contributed by atoms with van der Waals surface area (Å²) in [5, 5.41) is 18.7. The third-order valence-corrected chi connectivity index (χ3v) is 8.23. The van der Waals surface area contributed by atoms with Crippen molar-refractivity contribution in [1.82, 2.24) is 5.32 Å². The Labute approximate surface area is 268 Å². The van der Waals surface area contributed by atoms with Crippen LogP contribution in [-0.4, -0.2) is 27.9 Å². The number of hydrogen-bond donors (Lipinski definition) is 3. The van der Waals surface area contributed by atoms with Crippen LogP contribution in [0.2, 0.25) is 5.02 Å². The van der Waals surface area contributed by atoms with E-state index in [1.165, 1.54) is 48.2 Å². The van der Waals surface area contributed by atoms with Crippen molar-refractivity contribution in [2.24, 2.45) is 0 Å². The number of aryl methyl sites for hydroxylation is 1. The van der Waals surface area contributed by atoms with Gasteiger partial charge in [-0.2, -0.15) is 0 Å². The van der Waals surface area contributed by atoms with Crippen LogP contribution in [0.15, 0.2) is 102 Å². The summed E-state index contributed by atoms with van der Waals surface area (Å²) in [7, 11) is 0. The van der Waals surface area contributed by atoms with Crippen LogP contribution in [-0.2, 0) is 9.59 Å². The third kappa shape index (κ3) is 8.78. The minimum atomic E-state index is -0.730. The number of nitrogens with one attached hydrogen (secondary N) is 3. The molecule has 0 saturated heterocycles. The fourth-order valence-corrected chi connectivity index (χ4v) is 5.37. The van der Waals surface area contributed by atoms with Crippen LogP contribution in [0.25, 0.3) is 6.08 Å². The van der Waals surface area contributed by atoms with E-state index in [9.17, 15) is 28.9 Å². The molecule has 0 aliphatic heterocycles. The highest BCUT2D eigenvalue weighted by Crippen LogP contribution is 2.30. The molecule has 0 heterocycles. The molecule has 0 aromatic heterocycles. The molecule has 0 bridgehead atoms. The van der Waals surface area contributed by atoms with Gasteiger partial charge in [-0.3, -0.25) is 24.5 Å². The summed E-state index contributed by atoms with van der Waals surface area (Å²) in [4.78, 5) is 50.8. The van der Waals surface area contributed by atoms with Gasteiger partial charge in [-0.05, 0) is 67.4 Å². The molecule has 0 aliphatic rings. The smallest absolute Gasteiger partial charge is 0.272 e. The number of carbonyl (C=O) groups excluding carboxylic acids is 3. The number of rotatable bonds is 11. The molecule has 230 valence electrons. The first-order valence-electron chi connectivity index (χ1n) is 13.7. The molecule has 45 heavy (non-hydrogen) atoms. The van der Waals surface area contributed by atoms with Crippen molar-refractivity contribution in [3.8, 4) is 0 Å². The lowest BCUT2D eigenvalue weighted by atomic mass is 10.1. The number of non-ortho nitro benzene ring substituents is 1. The maximum absolute atomic E-state index is 14.6. The molecule has 0 aliphatic carbocycles. The number of carbonyl (C=O) groups is 3. The van der Waals surface area contributed by atoms with Crippen molar-refractivity contribution < 1.29 is 23.7 Å². The van der Waals surface area contributed by atoms with Crippen molar-refractivity contribution in [1.29, 1.82) is 0 Å². The Kier molecular flexibility index (Phi) is 11.1. The summed E-state index contributed by atoms with van der Waals surface area (Å²) in [5.41, 5.74) is 1.22. The molecule has 4 aromatic carbocycles. The van der Waals surface area contributed by atoms with Gasteiger partial charge in [0.05, 0.1) is 20.9 Å². The topological polar surface area (TPSA) is 130 Å². The largest absolute Gasteiger partial charge is 0.325 e. The molecule has 0 saturated carbocycles. The number of amides is 3. The summed E-state index contributed by atoms with van der Waals surface area (Å²) in [6.07, 6.45) is 1.61. The van der Waals surface area contributed by atoms with E-state index >= 15 is 0 Å². The Morgan fingerprint density at radius 2 is 1.71 bits per heavy atom. The van der Waals surface area contributed by atoms with Crippen LogP contribution in [0.5, 0.6) is 0 Å². The summed E-state index contributed by atoms with van der Waals surface area (Å²) < 4.78 is 14.6. The van der Waals surface area contributed by atoms with E-state index in [0.717, 1.165) is 0 Å². The molecular formula is C33H28ClFN4O5S. The Hall–Kier alpha value is -5.00. The highest BCUT2D eigenvalue weighted by atomic mass is 35.5. The molecular weight excluding hydrogens is 619 g/mol. The average Bonchev–Trinajstić information content (AvgIpc) is 3.02. The second-order valence-electron chi connectivity index (χ2n) is 9.76. The molecule has 3 N–H and O–H groups in total. The van der Waals surface area contributed by atoms with Crippen LogP contribution < -0.4 is 16.0 Å². The number of nitro benzene ring substituents is 1. The average molecular weight is 647 g/mol. The van der Waals surface area contributed by atoms with E-state index in [-0.39, 0.29) is 27.9 Å². The summed E-state index contributed by atoms with van der Waals surface area (Å²) in [6.45, 7) is 3.58. The minimum absolute atomic E-state index is 0.0526. The van der Waals surface area contributed by atoms with E-state index in [1.807, 2.05) is 6.92 Å². The van der Waals surface area contributed by atoms with Gasteiger partial charge in [0.25, 0.3) is 17.5 Å². The van der Waals surface area contributed by atoms with Gasteiger partial charge in [0, 0.05) is 33.8 Å². The highest BCUT2D eigenvalue weighted by molar-refractivity contribution is 8.00. The van der Waals surface area contributed by atoms with Gasteiger partial charge in [-0.1, -0.05) is 54.9 Å². The Balaban J connectivity index is 1.53. The number of nitrogens with zero attached hydrogens (tertiary/aromatic N) is 1. The number of thioether (sulfide) groups is 1. The summed E-state index contributed by atoms with van der Waals surface area (Å²) in [6, 6.07) is 23.3. The van der Waals surface area contributed by atoms with Crippen molar-refractivity contribution in [3.05, 3.63) is 134 Å². The zero-order valence-corrected chi connectivity index (χ0v) is 25.7. The van der Waals surface area contributed by atoms with Gasteiger partial charge in [0.1, 0.15) is 11.5 Å². The number of nitro groups is 1. The molecule has 3 amide bonds. The molecule has 0 radical (unpaired) electrons. The van der Waals surface area contributed by atoms with Gasteiger partial charge in [-0.15, -0.1) is 11.8 Å². The highest BCUT2D eigenvalue weighted by Gasteiger charge is 2.21. The van der Waals surface area contributed by atoms with E-state index in [1.54, 1.807) is 67.6 Å². The second kappa shape index (κ2) is 15.1.